The molecule has 0 atom stereocenters. The third kappa shape index (κ3) is 4.75. The molecule has 0 bridgehead atoms. The van der Waals surface area contributed by atoms with Gasteiger partial charge in [-0.3, -0.25) is 4.79 Å². The van der Waals surface area contributed by atoms with Gasteiger partial charge in [0.1, 0.15) is 5.39 Å². The molecule has 0 radical (unpaired) electrons. The number of fused-ring (bicyclic) bond motifs is 1. The highest BCUT2D eigenvalue weighted by Gasteiger charge is 2.39. The van der Waals surface area contributed by atoms with E-state index in [9.17, 15) is 9.90 Å². The van der Waals surface area contributed by atoms with Crippen molar-refractivity contribution in [2.75, 3.05) is 31.6 Å². The zero-order valence-electron chi connectivity index (χ0n) is 23.1. The smallest absolute Gasteiger partial charge is 0.278 e. The minimum atomic E-state index is -1.13. The van der Waals surface area contributed by atoms with Gasteiger partial charge in [0, 0.05) is 17.9 Å². The van der Waals surface area contributed by atoms with Gasteiger partial charge in [0.05, 0.1) is 25.5 Å². The minimum absolute atomic E-state index is 0.185. The number of allylic oxidation sites excluding steroid dienone is 1. The molecule has 1 aliphatic carbocycles. The van der Waals surface area contributed by atoms with Crippen molar-refractivity contribution >= 4 is 22.7 Å². The fourth-order valence-electron chi connectivity index (χ4n) is 6.30. The highest BCUT2D eigenvalue weighted by atomic mass is 16.5. The maximum atomic E-state index is 13.3. The molecule has 3 fully saturated rings. The maximum Gasteiger partial charge on any atom is 0.278 e. The molecule has 212 valence electrons. The molecule has 3 aliphatic rings. The first kappa shape index (κ1) is 26.1. The number of nitrogens with zero attached hydrogens (tertiary/aromatic N) is 6. The number of benzene rings is 1. The maximum absolute atomic E-state index is 13.3. The first-order valence-corrected chi connectivity index (χ1v) is 14.5. The number of hydrogen-bond donors (Lipinski definition) is 2. The van der Waals surface area contributed by atoms with E-state index in [4.69, 9.17) is 9.72 Å². The Morgan fingerprint density at radius 1 is 1.07 bits per heavy atom. The van der Waals surface area contributed by atoms with E-state index in [0.29, 0.717) is 34.4 Å². The van der Waals surface area contributed by atoms with Crippen LogP contribution in [0, 0.1) is 0 Å². The lowest BCUT2D eigenvalue weighted by molar-refractivity contribution is -0.186. The van der Waals surface area contributed by atoms with Crippen LogP contribution < -0.4 is 10.9 Å². The molecule has 2 saturated heterocycles. The second-order valence-electron chi connectivity index (χ2n) is 11.5. The molecule has 10 heteroatoms. The Morgan fingerprint density at radius 2 is 1.85 bits per heavy atom. The van der Waals surface area contributed by atoms with E-state index in [1.165, 1.54) is 55.4 Å². The van der Waals surface area contributed by atoms with Crippen LogP contribution in [0.15, 0.2) is 66.1 Å². The molecular formula is C31H35N7O3. The summed E-state index contributed by atoms with van der Waals surface area (Å²) < 4.78 is 8.40. The second-order valence-corrected chi connectivity index (χ2v) is 11.5. The molecule has 4 aromatic rings. The lowest BCUT2D eigenvalue weighted by Crippen LogP contribution is -2.47. The molecule has 10 nitrogen and oxygen atoms in total. The quantitative estimate of drug-likeness (QED) is 0.317. The van der Waals surface area contributed by atoms with Crippen LogP contribution in [0.1, 0.15) is 49.3 Å². The molecule has 41 heavy (non-hydrogen) atoms. The van der Waals surface area contributed by atoms with Crippen LogP contribution in [0.4, 0.5) is 11.6 Å². The van der Waals surface area contributed by atoms with E-state index in [2.05, 4.69) is 51.0 Å². The van der Waals surface area contributed by atoms with Crippen LogP contribution in [0.3, 0.4) is 0 Å². The summed E-state index contributed by atoms with van der Waals surface area (Å²) in [6, 6.07) is 14.7. The van der Waals surface area contributed by atoms with E-state index in [-0.39, 0.29) is 25.3 Å². The van der Waals surface area contributed by atoms with Crippen molar-refractivity contribution in [3.8, 4) is 5.82 Å². The van der Waals surface area contributed by atoms with Gasteiger partial charge in [0.15, 0.2) is 17.1 Å². The van der Waals surface area contributed by atoms with Gasteiger partial charge in [0.2, 0.25) is 5.95 Å². The first-order chi connectivity index (χ1) is 20.0. The zero-order valence-corrected chi connectivity index (χ0v) is 23.1. The Morgan fingerprint density at radius 3 is 2.51 bits per heavy atom. The summed E-state index contributed by atoms with van der Waals surface area (Å²) in [7, 11) is 0. The number of likely N-dealkylation sites (tertiary alicyclic amines) is 1. The predicted octanol–water partition coefficient (Wildman–Crippen LogP) is 3.86. The van der Waals surface area contributed by atoms with E-state index >= 15 is 0 Å². The molecule has 2 aliphatic heterocycles. The molecule has 7 rings (SSSR count). The molecule has 3 aromatic heterocycles. The average molecular weight is 554 g/mol. The number of anilines is 2. The molecule has 0 unspecified atom stereocenters. The third-order valence-corrected chi connectivity index (χ3v) is 8.83. The van der Waals surface area contributed by atoms with Crippen molar-refractivity contribution in [2.45, 2.75) is 56.2 Å². The number of ether oxygens (including phenoxy) is 1. The Kier molecular flexibility index (Phi) is 6.69. The van der Waals surface area contributed by atoms with Crippen LogP contribution >= 0.6 is 0 Å². The van der Waals surface area contributed by atoms with E-state index in [0.717, 1.165) is 11.7 Å². The van der Waals surface area contributed by atoms with Crippen molar-refractivity contribution in [2.24, 2.45) is 0 Å². The van der Waals surface area contributed by atoms with Gasteiger partial charge in [-0.15, -0.1) is 6.58 Å². The summed E-state index contributed by atoms with van der Waals surface area (Å²) in [5.41, 5.74) is 1.80. The van der Waals surface area contributed by atoms with Crippen molar-refractivity contribution < 1.29 is 9.84 Å². The third-order valence-electron chi connectivity index (χ3n) is 8.83. The van der Waals surface area contributed by atoms with Crippen LogP contribution in [0.5, 0.6) is 0 Å². The summed E-state index contributed by atoms with van der Waals surface area (Å²) in [6.45, 7) is 7.00. The minimum Gasteiger partial charge on any atom is -0.379 e. The Hall–Kier alpha value is -3.86. The number of rotatable bonds is 8. The van der Waals surface area contributed by atoms with E-state index < -0.39 is 5.60 Å². The normalized spacial score (nSPS) is 22.2. The highest BCUT2D eigenvalue weighted by molar-refractivity contribution is 5.77. The molecule has 1 saturated carbocycles. The van der Waals surface area contributed by atoms with Gasteiger partial charge in [-0.1, -0.05) is 24.3 Å². The zero-order chi connectivity index (χ0) is 28.0. The number of aromatic nitrogens is 5. The summed E-state index contributed by atoms with van der Waals surface area (Å²) in [4.78, 5) is 29.8. The van der Waals surface area contributed by atoms with E-state index in [1.807, 2.05) is 6.07 Å². The summed E-state index contributed by atoms with van der Waals surface area (Å²) in [5.74, 6) is 1.46. The van der Waals surface area contributed by atoms with E-state index in [1.54, 1.807) is 29.1 Å². The van der Waals surface area contributed by atoms with Gasteiger partial charge >= 0.3 is 0 Å². The molecule has 5 heterocycles. The SMILES string of the molecule is C=CCn1c(=O)c2cnc(Nc3ccc([C@H]4CC[C@H](N5CCC5)CC4)cc3)nc2n1-c1cccc(C2(O)COC2)n1. The highest BCUT2D eigenvalue weighted by Crippen LogP contribution is 2.36. The summed E-state index contributed by atoms with van der Waals surface area (Å²) in [6.07, 6.45) is 9.62. The number of hydrogen-bond acceptors (Lipinski definition) is 8. The number of pyridine rings is 1. The Balaban J connectivity index is 1.15. The van der Waals surface area contributed by atoms with Crippen LogP contribution in [0.25, 0.3) is 16.9 Å². The van der Waals surface area contributed by atoms with Crippen molar-refractivity contribution in [3.63, 3.8) is 0 Å². The van der Waals surface area contributed by atoms with Crippen LogP contribution in [-0.2, 0) is 16.9 Å². The lowest BCUT2D eigenvalue weighted by Gasteiger charge is -2.42. The topological polar surface area (TPSA) is 110 Å². The lowest BCUT2D eigenvalue weighted by atomic mass is 9.80. The van der Waals surface area contributed by atoms with Gasteiger partial charge < -0.3 is 20.1 Å². The Bertz CT molecular complexity index is 1630. The monoisotopic (exact) mass is 553 g/mol. The molecule has 0 spiro atoms. The standard InChI is InChI=1S/C31H35N7O3/c1-2-15-37-29(39)25-18-32-30(35-28(25)38(37)27-6-3-5-26(34-27)31(40)19-41-20-31)33-23-11-7-21(8-12-23)22-9-13-24(14-10-22)36-16-4-17-36/h2-3,5-8,11-12,18,22,24,40H,1,4,9-10,13-17,19-20H2,(H,32,33,35)/t22-,24-. The molecular weight excluding hydrogens is 518 g/mol. The Labute approximate surface area is 238 Å². The fourth-order valence-corrected chi connectivity index (χ4v) is 6.30. The predicted molar refractivity (Wildman–Crippen MR) is 157 cm³/mol. The van der Waals surface area contributed by atoms with Crippen LogP contribution in [0.2, 0.25) is 0 Å². The molecule has 2 N–H and O–H groups in total. The van der Waals surface area contributed by atoms with Gasteiger partial charge in [-0.25, -0.2) is 19.3 Å². The number of nitrogens with one attached hydrogen (secondary N) is 1. The van der Waals surface area contributed by atoms with Gasteiger partial charge in [-0.05, 0) is 80.9 Å². The average Bonchev–Trinajstić information content (AvgIpc) is 3.22. The molecule has 1 aromatic carbocycles. The summed E-state index contributed by atoms with van der Waals surface area (Å²) in [5, 5.41) is 14.5. The van der Waals surface area contributed by atoms with Gasteiger partial charge in [-0.2, -0.15) is 4.98 Å². The van der Waals surface area contributed by atoms with Crippen molar-refractivity contribution in [1.82, 2.24) is 29.2 Å². The number of aliphatic hydroxyl groups is 1. The second kappa shape index (κ2) is 10.5. The van der Waals surface area contributed by atoms with Crippen molar-refractivity contribution in [3.05, 3.63) is 82.9 Å². The molecule has 0 amide bonds. The summed E-state index contributed by atoms with van der Waals surface area (Å²) >= 11 is 0. The van der Waals surface area contributed by atoms with Crippen molar-refractivity contribution in [1.29, 1.82) is 0 Å². The van der Waals surface area contributed by atoms with Crippen LogP contribution in [-0.4, -0.2) is 66.7 Å². The fraction of sp³-hybridized carbons (Fsp3) is 0.419. The largest absolute Gasteiger partial charge is 0.379 e. The van der Waals surface area contributed by atoms with Gasteiger partial charge in [0.25, 0.3) is 5.56 Å². The first-order valence-electron chi connectivity index (χ1n) is 14.5.